The van der Waals surface area contributed by atoms with Crippen LogP contribution in [0.2, 0.25) is 0 Å². The second-order valence-corrected chi connectivity index (χ2v) is 6.29. The van der Waals surface area contributed by atoms with Crippen LogP contribution in [-0.4, -0.2) is 39.2 Å². The molecular weight excluding hydrogens is 304 g/mol. The molecule has 0 bridgehead atoms. The molecule has 1 atom stereocenters. The number of amides is 1. The Hall–Kier alpha value is -2.21. The van der Waals surface area contributed by atoms with Crippen LogP contribution >= 0.6 is 0 Å². The third kappa shape index (κ3) is 3.33. The average molecular weight is 328 g/mol. The third-order valence-electron chi connectivity index (χ3n) is 4.44. The van der Waals surface area contributed by atoms with Crippen LogP contribution in [0.1, 0.15) is 52.9 Å². The number of hydrogen-bond acceptors (Lipinski definition) is 4. The van der Waals surface area contributed by atoms with Gasteiger partial charge in [-0.05, 0) is 45.2 Å². The Kier molecular flexibility index (Phi) is 4.94. The molecular formula is C18H24N4O2. The summed E-state index contributed by atoms with van der Waals surface area (Å²) >= 11 is 0. The van der Waals surface area contributed by atoms with Crippen molar-refractivity contribution in [2.75, 3.05) is 13.7 Å². The van der Waals surface area contributed by atoms with Gasteiger partial charge in [0.15, 0.2) is 0 Å². The van der Waals surface area contributed by atoms with Gasteiger partial charge in [0, 0.05) is 19.9 Å². The Labute approximate surface area is 142 Å². The molecule has 1 aliphatic rings. The summed E-state index contributed by atoms with van der Waals surface area (Å²) in [7, 11) is 1.80. The Morgan fingerprint density at radius 2 is 2.21 bits per heavy atom. The molecule has 6 nitrogen and oxygen atoms in total. The van der Waals surface area contributed by atoms with Crippen molar-refractivity contribution in [1.29, 1.82) is 0 Å². The molecule has 3 rings (SSSR count). The highest BCUT2D eigenvalue weighted by atomic mass is 16.5. The summed E-state index contributed by atoms with van der Waals surface area (Å²) in [5, 5.41) is 4.57. The van der Waals surface area contributed by atoms with Crippen molar-refractivity contribution in [3.8, 4) is 0 Å². The molecule has 0 spiro atoms. The van der Waals surface area contributed by atoms with Crippen molar-refractivity contribution >= 4 is 5.91 Å². The number of ether oxygens (including phenoxy) is 1. The van der Waals surface area contributed by atoms with Crippen LogP contribution < -0.4 is 0 Å². The van der Waals surface area contributed by atoms with E-state index in [0.717, 1.165) is 43.0 Å². The molecule has 24 heavy (non-hydrogen) atoms. The Morgan fingerprint density at radius 3 is 2.88 bits per heavy atom. The van der Waals surface area contributed by atoms with Gasteiger partial charge in [0.25, 0.3) is 5.91 Å². The van der Waals surface area contributed by atoms with Gasteiger partial charge in [-0.25, -0.2) is 4.68 Å². The fourth-order valence-electron chi connectivity index (χ4n) is 3.17. The van der Waals surface area contributed by atoms with Crippen LogP contribution in [0.15, 0.2) is 24.4 Å². The summed E-state index contributed by atoms with van der Waals surface area (Å²) in [5.41, 5.74) is 3.16. The van der Waals surface area contributed by atoms with Crippen molar-refractivity contribution in [2.24, 2.45) is 0 Å². The number of nitrogens with zero attached hydrogens (tertiary/aromatic N) is 4. The normalized spacial score (nSPS) is 17.7. The molecule has 0 unspecified atom stereocenters. The lowest BCUT2D eigenvalue weighted by atomic mass is 10.1. The van der Waals surface area contributed by atoms with Crippen LogP contribution in [0.5, 0.6) is 0 Å². The number of hydrogen-bond donors (Lipinski definition) is 0. The van der Waals surface area contributed by atoms with Gasteiger partial charge in [-0.3, -0.25) is 9.78 Å². The lowest BCUT2D eigenvalue weighted by molar-refractivity contribution is -0.0408. The molecule has 128 valence electrons. The van der Waals surface area contributed by atoms with E-state index in [1.165, 1.54) is 0 Å². The highest BCUT2D eigenvalue weighted by molar-refractivity contribution is 5.96. The van der Waals surface area contributed by atoms with Crippen molar-refractivity contribution in [3.63, 3.8) is 0 Å². The Bertz CT molecular complexity index is 705. The standard InChI is InChI=1S/C18H24N4O2/c1-13-17(14(2)22(20-13)16-9-5-7-11-24-16)18(23)21(3)12-15-8-4-6-10-19-15/h4,6,8,10,16H,5,7,9,11-12H2,1-3H3/t16-/m1/s1. The Morgan fingerprint density at radius 1 is 1.38 bits per heavy atom. The van der Waals surface area contributed by atoms with Crippen molar-refractivity contribution in [1.82, 2.24) is 19.7 Å². The molecule has 1 fully saturated rings. The lowest BCUT2D eigenvalue weighted by Crippen LogP contribution is -2.28. The number of rotatable bonds is 4. The van der Waals surface area contributed by atoms with Gasteiger partial charge in [0.05, 0.1) is 29.2 Å². The molecule has 2 aromatic rings. The third-order valence-corrected chi connectivity index (χ3v) is 4.44. The first-order valence-electron chi connectivity index (χ1n) is 8.40. The summed E-state index contributed by atoms with van der Waals surface area (Å²) < 4.78 is 7.69. The van der Waals surface area contributed by atoms with Gasteiger partial charge in [-0.1, -0.05) is 6.07 Å². The SMILES string of the molecule is Cc1nn([C@H]2CCCCO2)c(C)c1C(=O)N(C)Cc1ccccn1. The fourth-order valence-corrected chi connectivity index (χ4v) is 3.17. The molecule has 3 heterocycles. The van der Waals surface area contributed by atoms with E-state index in [2.05, 4.69) is 10.1 Å². The maximum absolute atomic E-state index is 12.9. The number of pyridine rings is 1. The van der Waals surface area contributed by atoms with E-state index in [1.54, 1.807) is 18.1 Å². The number of carbonyl (C=O) groups excluding carboxylic acids is 1. The van der Waals surface area contributed by atoms with E-state index in [9.17, 15) is 4.79 Å². The molecule has 0 aliphatic carbocycles. The lowest BCUT2D eigenvalue weighted by Gasteiger charge is -2.24. The van der Waals surface area contributed by atoms with Crippen LogP contribution in [0.4, 0.5) is 0 Å². The van der Waals surface area contributed by atoms with Crippen molar-refractivity contribution in [3.05, 3.63) is 47.0 Å². The molecule has 0 radical (unpaired) electrons. The zero-order valence-corrected chi connectivity index (χ0v) is 14.5. The van der Waals surface area contributed by atoms with Gasteiger partial charge in [0.2, 0.25) is 0 Å². The molecule has 6 heteroatoms. The minimum absolute atomic E-state index is 0.0299. The summed E-state index contributed by atoms with van der Waals surface area (Å²) in [4.78, 5) is 18.9. The number of aryl methyl sites for hydroxylation is 1. The molecule has 1 amide bonds. The van der Waals surface area contributed by atoms with E-state index in [4.69, 9.17) is 4.74 Å². The molecule has 0 saturated carbocycles. The first-order valence-corrected chi connectivity index (χ1v) is 8.40. The largest absolute Gasteiger partial charge is 0.357 e. The highest BCUT2D eigenvalue weighted by Crippen LogP contribution is 2.26. The van der Waals surface area contributed by atoms with Gasteiger partial charge in [-0.15, -0.1) is 0 Å². The topological polar surface area (TPSA) is 60.3 Å². The molecule has 1 saturated heterocycles. The Balaban J connectivity index is 1.80. The fraction of sp³-hybridized carbons (Fsp3) is 0.500. The van der Waals surface area contributed by atoms with Gasteiger partial charge in [-0.2, -0.15) is 5.10 Å². The van der Waals surface area contributed by atoms with E-state index >= 15 is 0 Å². The summed E-state index contributed by atoms with van der Waals surface area (Å²) in [6.45, 7) is 5.06. The van der Waals surface area contributed by atoms with E-state index in [-0.39, 0.29) is 12.1 Å². The quantitative estimate of drug-likeness (QED) is 0.866. The number of aromatic nitrogens is 3. The second-order valence-electron chi connectivity index (χ2n) is 6.29. The minimum Gasteiger partial charge on any atom is -0.357 e. The van der Waals surface area contributed by atoms with Crippen LogP contribution in [0.25, 0.3) is 0 Å². The maximum atomic E-state index is 12.9. The molecule has 0 N–H and O–H groups in total. The van der Waals surface area contributed by atoms with Gasteiger partial charge >= 0.3 is 0 Å². The first-order chi connectivity index (χ1) is 11.6. The smallest absolute Gasteiger partial charge is 0.257 e. The van der Waals surface area contributed by atoms with Crippen molar-refractivity contribution < 1.29 is 9.53 Å². The monoisotopic (exact) mass is 328 g/mol. The predicted molar refractivity (Wildman–Crippen MR) is 90.6 cm³/mol. The zero-order chi connectivity index (χ0) is 17.1. The van der Waals surface area contributed by atoms with E-state index in [1.807, 2.05) is 36.7 Å². The molecule has 0 aromatic carbocycles. The minimum atomic E-state index is -0.0555. The van der Waals surface area contributed by atoms with Crippen LogP contribution in [-0.2, 0) is 11.3 Å². The highest BCUT2D eigenvalue weighted by Gasteiger charge is 2.26. The molecule has 2 aromatic heterocycles. The van der Waals surface area contributed by atoms with Crippen LogP contribution in [0.3, 0.4) is 0 Å². The zero-order valence-electron chi connectivity index (χ0n) is 14.5. The van der Waals surface area contributed by atoms with Crippen molar-refractivity contribution in [2.45, 2.75) is 45.9 Å². The molecule has 1 aliphatic heterocycles. The first kappa shape index (κ1) is 16.6. The maximum Gasteiger partial charge on any atom is 0.257 e. The second kappa shape index (κ2) is 7.13. The van der Waals surface area contributed by atoms with E-state index < -0.39 is 0 Å². The summed E-state index contributed by atoms with van der Waals surface area (Å²) in [5.74, 6) is -0.0299. The van der Waals surface area contributed by atoms with Gasteiger partial charge < -0.3 is 9.64 Å². The average Bonchev–Trinajstić information content (AvgIpc) is 2.90. The summed E-state index contributed by atoms with van der Waals surface area (Å²) in [6.07, 6.45) is 4.85. The number of carbonyl (C=O) groups is 1. The predicted octanol–water partition coefficient (Wildman–Crippen LogP) is 2.87. The summed E-state index contributed by atoms with van der Waals surface area (Å²) in [6, 6.07) is 5.71. The van der Waals surface area contributed by atoms with Gasteiger partial charge in [0.1, 0.15) is 6.23 Å². The van der Waals surface area contributed by atoms with Crippen LogP contribution in [0, 0.1) is 13.8 Å². The van der Waals surface area contributed by atoms with E-state index in [0.29, 0.717) is 12.1 Å².